The molecule has 0 aromatic heterocycles. The Bertz CT molecular complexity index is 430. The molecule has 128 valence electrons. The summed E-state index contributed by atoms with van der Waals surface area (Å²) >= 11 is 3.54. The van der Waals surface area contributed by atoms with Gasteiger partial charge in [0.2, 0.25) is 0 Å². The molecular weight excluding hydrogens is 370 g/mol. The smallest absolute Gasteiger partial charge is 0.175 e. The van der Waals surface area contributed by atoms with E-state index < -0.39 is 0 Å². The number of nitrogens with one attached hydrogen (secondary N) is 1. The summed E-state index contributed by atoms with van der Waals surface area (Å²) in [7, 11) is 1.66. The van der Waals surface area contributed by atoms with Crippen molar-refractivity contribution in [2.24, 2.45) is 0 Å². The SMILES string of the molecule is CCOc1c(Br)cc(CNCCCOC(C)C)cc1OC.Cl. The number of halogens is 2. The monoisotopic (exact) mass is 395 g/mol. The molecule has 0 heterocycles. The minimum atomic E-state index is 0. The summed E-state index contributed by atoms with van der Waals surface area (Å²) < 4.78 is 17.4. The Labute approximate surface area is 148 Å². The van der Waals surface area contributed by atoms with Crippen LogP contribution in [0.5, 0.6) is 11.5 Å². The molecule has 0 aliphatic heterocycles. The molecule has 4 nitrogen and oxygen atoms in total. The zero-order valence-electron chi connectivity index (χ0n) is 13.8. The Morgan fingerprint density at radius 1 is 1.27 bits per heavy atom. The molecule has 1 aromatic carbocycles. The first-order valence-corrected chi connectivity index (χ1v) is 8.19. The van der Waals surface area contributed by atoms with Gasteiger partial charge < -0.3 is 19.5 Å². The van der Waals surface area contributed by atoms with Crippen LogP contribution in [0, 0.1) is 0 Å². The number of benzene rings is 1. The maximum absolute atomic E-state index is 5.58. The van der Waals surface area contributed by atoms with Crippen molar-refractivity contribution < 1.29 is 14.2 Å². The Balaban J connectivity index is 0.00000441. The van der Waals surface area contributed by atoms with Gasteiger partial charge in [0, 0.05) is 13.2 Å². The molecule has 0 radical (unpaired) electrons. The van der Waals surface area contributed by atoms with Gasteiger partial charge >= 0.3 is 0 Å². The molecule has 0 fully saturated rings. The normalized spacial score (nSPS) is 10.5. The largest absolute Gasteiger partial charge is 0.493 e. The second-order valence-corrected chi connectivity index (χ2v) is 5.85. The third-order valence-corrected chi connectivity index (χ3v) is 3.45. The zero-order chi connectivity index (χ0) is 15.7. The second-order valence-electron chi connectivity index (χ2n) is 4.99. The fraction of sp³-hybridized carbons (Fsp3) is 0.625. The maximum atomic E-state index is 5.58. The van der Waals surface area contributed by atoms with Crippen molar-refractivity contribution in [1.29, 1.82) is 0 Å². The fourth-order valence-corrected chi connectivity index (χ4v) is 2.51. The van der Waals surface area contributed by atoms with Crippen molar-refractivity contribution in [2.45, 2.75) is 39.8 Å². The molecule has 0 saturated carbocycles. The minimum absolute atomic E-state index is 0. The molecule has 0 amide bonds. The number of rotatable bonds is 10. The van der Waals surface area contributed by atoms with Crippen molar-refractivity contribution in [3.8, 4) is 11.5 Å². The van der Waals surface area contributed by atoms with Gasteiger partial charge in [-0.25, -0.2) is 0 Å². The predicted octanol–water partition coefficient (Wildman–Crippen LogP) is 4.18. The van der Waals surface area contributed by atoms with Crippen LogP contribution in [0.2, 0.25) is 0 Å². The first-order valence-electron chi connectivity index (χ1n) is 7.40. The van der Waals surface area contributed by atoms with Crippen LogP contribution < -0.4 is 14.8 Å². The Morgan fingerprint density at radius 3 is 2.59 bits per heavy atom. The lowest BCUT2D eigenvalue weighted by Gasteiger charge is -2.14. The van der Waals surface area contributed by atoms with Gasteiger partial charge in [0.15, 0.2) is 11.5 Å². The van der Waals surface area contributed by atoms with E-state index in [0.717, 1.165) is 47.7 Å². The van der Waals surface area contributed by atoms with Gasteiger partial charge in [-0.05, 0) is 67.4 Å². The molecule has 1 aromatic rings. The van der Waals surface area contributed by atoms with Crippen molar-refractivity contribution in [1.82, 2.24) is 5.32 Å². The molecule has 6 heteroatoms. The van der Waals surface area contributed by atoms with Gasteiger partial charge in [-0.3, -0.25) is 0 Å². The lowest BCUT2D eigenvalue weighted by Crippen LogP contribution is -2.17. The van der Waals surface area contributed by atoms with Gasteiger partial charge in [0.25, 0.3) is 0 Å². The quantitative estimate of drug-likeness (QED) is 0.602. The third-order valence-electron chi connectivity index (χ3n) is 2.86. The molecule has 0 atom stereocenters. The van der Waals surface area contributed by atoms with Crippen LogP contribution in [0.25, 0.3) is 0 Å². The highest BCUT2D eigenvalue weighted by atomic mass is 79.9. The van der Waals surface area contributed by atoms with Crippen LogP contribution in [-0.2, 0) is 11.3 Å². The molecule has 22 heavy (non-hydrogen) atoms. The summed E-state index contributed by atoms with van der Waals surface area (Å²) in [5.74, 6) is 1.51. The lowest BCUT2D eigenvalue weighted by molar-refractivity contribution is 0.0770. The van der Waals surface area contributed by atoms with Crippen LogP contribution in [0.4, 0.5) is 0 Å². The highest BCUT2D eigenvalue weighted by molar-refractivity contribution is 9.10. The molecule has 0 aliphatic rings. The van der Waals surface area contributed by atoms with Gasteiger partial charge in [-0.15, -0.1) is 12.4 Å². The van der Waals surface area contributed by atoms with Crippen LogP contribution in [0.1, 0.15) is 32.8 Å². The van der Waals surface area contributed by atoms with Crippen molar-refractivity contribution in [3.05, 3.63) is 22.2 Å². The van der Waals surface area contributed by atoms with E-state index in [9.17, 15) is 0 Å². The molecule has 0 aliphatic carbocycles. The fourth-order valence-electron chi connectivity index (χ4n) is 1.91. The lowest BCUT2D eigenvalue weighted by atomic mass is 10.2. The van der Waals surface area contributed by atoms with E-state index in [1.807, 2.05) is 13.0 Å². The molecule has 0 spiro atoms. The number of ether oxygens (including phenoxy) is 3. The van der Waals surface area contributed by atoms with Crippen LogP contribution in [-0.4, -0.2) is 33.0 Å². The van der Waals surface area contributed by atoms with Crippen LogP contribution in [0.15, 0.2) is 16.6 Å². The summed E-state index contributed by atoms with van der Waals surface area (Å²) in [4.78, 5) is 0. The van der Waals surface area contributed by atoms with Gasteiger partial charge in [0.05, 0.1) is 24.3 Å². The number of hydrogen-bond donors (Lipinski definition) is 1. The summed E-state index contributed by atoms with van der Waals surface area (Å²) in [5.41, 5.74) is 1.16. The first-order chi connectivity index (χ1) is 10.1. The summed E-state index contributed by atoms with van der Waals surface area (Å²) in [6, 6.07) is 4.07. The topological polar surface area (TPSA) is 39.7 Å². The van der Waals surface area contributed by atoms with Crippen LogP contribution >= 0.6 is 28.3 Å². The maximum Gasteiger partial charge on any atom is 0.175 e. The highest BCUT2D eigenvalue weighted by Crippen LogP contribution is 2.36. The average molecular weight is 397 g/mol. The first kappa shape index (κ1) is 21.5. The van der Waals surface area contributed by atoms with E-state index in [0.29, 0.717) is 12.7 Å². The Morgan fingerprint density at radius 2 is 2.00 bits per heavy atom. The molecular formula is C16H27BrClNO3. The molecule has 1 N–H and O–H groups in total. The molecule has 0 bridgehead atoms. The summed E-state index contributed by atoms with van der Waals surface area (Å²) in [6.07, 6.45) is 1.31. The van der Waals surface area contributed by atoms with E-state index in [1.54, 1.807) is 7.11 Å². The molecule has 1 rings (SSSR count). The van der Waals surface area contributed by atoms with Crippen molar-refractivity contribution in [2.75, 3.05) is 26.9 Å². The van der Waals surface area contributed by atoms with Gasteiger partial charge in [-0.2, -0.15) is 0 Å². The van der Waals surface area contributed by atoms with E-state index >= 15 is 0 Å². The van der Waals surface area contributed by atoms with E-state index in [1.165, 1.54) is 0 Å². The predicted molar refractivity (Wildman–Crippen MR) is 96.5 cm³/mol. The number of hydrogen-bond acceptors (Lipinski definition) is 4. The zero-order valence-corrected chi connectivity index (χ0v) is 16.2. The number of methoxy groups -OCH3 is 1. The summed E-state index contributed by atoms with van der Waals surface area (Å²) in [5, 5.41) is 3.41. The average Bonchev–Trinajstić information content (AvgIpc) is 2.44. The van der Waals surface area contributed by atoms with Gasteiger partial charge in [0.1, 0.15) is 0 Å². The third kappa shape index (κ3) is 7.68. The second kappa shape index (κ2) is 12.0. The van der Waals surface area contributed by atoms with Crippen molar-refractivity contribution >= 4 is 28.3 Å². The summed E-state index contributed by atoms with van der Waals surface area (Å²) in [6.45, 7) is 9.20. The van der Waals surface area contributed by atoms with Crippen LogP contribution in [0.3, 0.4) is 0 Å². The van der Waals surface area contributed by atoms with E-state index in [2.05, 4.69) is 41.2 Å². The highest BCUT2D eigenvalue weighted by Gasteiger charge is 2.10. The van der Waals surface area contributed by atoms with Crippen molar-refractivity contribution in [3.63, 3.8) is 0 Å². The van der Waals surface area contributed by atoms with Gasteiger partial charge in [-0.1, -0.05) is 0 Å². The Hall–Kier alpha value is -0.490. The standard InChI is InChI=1S/C16H26BrNO3.ClH/c1-5-20-16-14(17)9-13(10-15(16)19-4)11-18-7-6-8-21-12(2)3;/h9-10,12,18H,5-8,11H2,1-4H3;1H. The van der Waals surface area contributed by atoms with E-state index in [4.69, 9.17) is 14.2 Å². The minimum Gasteiger partial charge on any atom is -0.493 e. The molecule has 0 unspecified atom stereocenters. The van der Waals surface area contributed by atoms with E-state index in [-0.39, 0.29) is 12.4 Å². The molecule has 0 saturated heterocycles. The Kier molecular flexibility index (Phi) is 11.7.